The van der Waals surface area contributed by atoms with Crippen molar-refractivity contribution in [3.63, 3.8) is 0 Å². The molecule has 1 unspecified atom stereocenters. The monoisotopic (exact) mass is 289 g/mol. The van der Waals surface area contributed by atoms with Gasteiger partial charge in [0.15, 0.2) is 0 Å². The first-order valence-corrected chi connectivity index (χ1v) is 6.79. The number of hydrogen-bond acceptors (Lipinski definition) is 3. The third kappa shape index (κ3) is 3.75. The number of nitrogens with zero attached hydrogens (tertiary/aromatic N) is 3. The van der Waals surface area contributed by atoms with Crippen LogP contribution in [0.4, 0.5) is 0 Å². The van der Waals surface area contributed by atoms with Gasteiger partial charge in [-0.2, -0.15) is 5.10 Å². The van der Waals surface area contributed by atoms with Gasteiger partial charge in [-0.15, -0.1) is 0 Å². The lowest BCUT2D eigenvalue weighted by molar-refractivity contribution is 0.216. The number of rotatable bonds is 3. The first-order valence-electron chi connectivity index (χ1n) is 6.41. The van der Waals surface area contributed by atoms with Crippen LogP contribution in [0.25, 0.3) is 0 Å². The molecule has 0 aliphatic rings. The van der Waals surface area contributed by atoms with E-state index in [-0.39, 0.29) is 6.10 Å². The van der Waals surface area contributed by atoms with E-state index < -0.39 is 0 Å². The summed E-state index contributed by atoms with van der Waals surface area (Å²) in [6.07, 6.45) is 6.21. The Morgan fingerprint density at radius 1 is 1.40 bits per heavy atom. The highest BCUT2D eigenvalue weighted by atomic mass is 35.5. The third-order valence-corrected chi connectivity index (χ3v) is 2.99. The molecular weight excluding hydrogens is 274 g/mol. The molecule has 0 aliphatic carbocycles. The van der Waals surface area contributed by atoms with Crippen LogP contribution in [0.15, 0.2) is 24.7 Å². The Balaban J connectivity index is 2.29. The number of halogens is 1. The fraction of sp³-hybridized carbons (Fsp3) is 0.333. The zero-order valence-electron chi connectivity index (χ0n) is 11.7. The zero-order valence-corrected chi connectivity index (χ0v) is 12.5. The molecule has 0 saturated carbocycles. The second kappa shape index (κ2) is 6.44. The largest absolute Gasteiger partial charge is 0.489 e. The summed E-state index contributed by atoms with van der Waals surface area (Å²) in [6, 6.07) is 1.70. The van der Waals surface area contributed by atoms with E-state index in [0.717, 1.165) is 17.5 Å². The van der Waals surface area contributed by atoms with Crippen molar-refractivity contribution in [2.24, 2.45) is 7.05 Å². The molecule has 0 fully saturated rings. The van der Waals surface area contributed by atoms with E-state index in [0.29, 0.717) is 10.9 Å². The molecule has 1 atom stereocenters. The van der Waals surface area contributed by atoms with E-state index in [9.17, 15) is 0 Å². The average Bonchev–Trinajstić information content (AvgIpc) is 2.83. The molecule has 0 amide bonds. The van der Waals surface area contributed by atoms with E-state index in [1.165, 1.54) is 0 Å². The molecule has 2 aromatic heterocycles. The minimum Gasteiger partial charge on any atom is -0.489 e. The maximum absolute atomic E-state index is 5.91. The Bertz CT molecular complexity index is 655. The molecule has 0 spiro atoms. The van der Waals surface area contributed by atoms with Gasteiger partial charge < -0.3 is 4.74 Å². The average molecular weight is 290 g/mol. The first kappa shape index (κ1) is 14.4. The Hall–Kier alpha value is -1.99. The number of aryl methyl sites for hydroxylation is 1. The highest BCUT2D eigenvalue weighted by Gasteiger charge is 2.07. The summed E-state index contributed by atoms with van der Waals surface area (Å²) >= 11 is 5.91. The summed E-state index contributed by atoms with van der Waals surface area (Å²) in [4.78, 5) is 4.05. The van der Waals surface area contributed by atoms with Crippen LogP contribution in [0.3, 0.4) is 0 Å². The maximum atomic E-state index is 5.91. The van der Waals surface area contributed by atoms with E-state index in [4.69, 9.17) is 16.3 Å². The van der Waals surface area contributed by atoms with Gasteiger partial charge in [-0.05, 0) is 13.3 Å². The number of pyridine rings is 1. The van der Waals surface area contributed by atoms with Crippen LogP contribution in [0.2, 0.25) is 5.15 Å². The highest BCUT2D eigenvalue weighted by molar-refractivity contribution is 6.29. The van der Waals surface area contributed by atoms with Crippen molar-refractivity contribution in [1.29, 1.82) is 0 Å². The molecule has 0 aliphatic heterocycles. The molecule has 0 radical (unpaired) electrons. The van der Waals surface area contributed by atoms with Crippen LogP contribution >= 0.6 is 11.6 Å². The molecule has 20 heavy (non-hydrogen) atoms. The van der Waals surface area contributed by atoms with Gasteiger partial charge in [0.1, 0.15) is 10.9 Å². The number of ether oxygens (including phenoxy) is 1. The van der Waals surface area contributed by atoms with Crippen molar-refractivity contribution < 1.29 is 4.74 Å². The predicted molar refractivity (Wildman–Crippen MR) is 78.8 cm³/mol. The van der Waals surface area contributed by atoms with E-state index in [2.05, 4.69) is 28.8 Å². The van der Waals surface area contributed by atoms with Gasteiger partial charge in [-0.25, -0.2) is 4.98 Å². The summed E-state index contributed by atoms with van der Waals surface area (Å²) in [5.74, 6) is 6.75. The van der Waals surface area contributed by atoms with Crippen molar-refractivity contribution in [1.82, 2.24) is 14.8 Å². The molecule has 2 rings (SSSR count). The number of hydrogen-bond donors (Lipinski definition) is 0. The van der Waals surface area contributed by atoms with Gasteiger partial charge in [0.25, 0.3) is 0 Å². The Labute approximate surface area is 123 Å². The van der Waals surface area contributed by atoms with Gasteiger partial charge in [0.05, 0.1) is 23.4 Å². The lowest BCUT2D eigenvalue weighted by Gasteiger charge is -2.13. The van der Waals surface area contributed by atoms with Gasteiger partial charge in [-0.3, -0.25) is 4.68 Å². The Kier molecular flexibility index (Phi) is 4.65. The van der Waals surface area contributed by atoms with Crippen molar-refractivity contribution in [3.05, 3.63) is 40.9 Å². The summed E-state index contributed by atoms with van der Waals surface area (Å²) in [5, 5.41) is 4.47. The predicted octanol–water partition coefficient (Wildman–Crippen LogP) is 3.05. The lowest BCUT2D eigenvalue weighted by Crippen LogP contribution is -2.10. The third-order valence-electron chi connectivity index (χ3n) is 2.78. The SMILES string of the molecule is CCC(C)Oc1cc(Cl)ncc1C#Cc1cnn(C)c1. The molecular formula is C15H16ClN3O. The quantitative estimate of drug-likeness (QED) is 0.644. The molecule has 4 nitrogen and oxygen atoms in total. The molecule has 0 aromatic carbocycles. The molecule has 0 N–H and O–H groups in total. The topological polar surface area (TPSA) is 39.9 Å². The van der Waals surface area contributed by atoms with Crippen molar-refractivity contribution in [2.75, 3.05) is 0 Å². The lowest BCUT2D eigenvalue weighted by atomic mass is 10.2. The van der Waals surface area contributed by atoms with E-state index in [1.807, 2.05) is 20.2 Å². The second-order valence-corrected chi connectivity index (χ2v) is 4.88. The molecule has 0 saturated heterocycles. The summed E-state index contributed by atoms with van der Waals surface area (Å²) in [7, 11) is 1.85. The highest BCUT2D eigenvalue weighted by Crippen LogP contribution is 2.22. The Morgan fingerprint density at radius 2 is 2.20 bits per heavy atom. The first-order chi connectivity index (χ1) is 9.58. The smallest absolute Gasteiger partial charge is 0.139 e. The second-order valence-electron chi connectivity index (χ2n) is 4.49. The van der Waals surface area contributed by atoms with Gasteiger partial charge in [-0.1, -0.05) is 30.4 Å². The molecule has 5 heteroatoms. The molecule has 104 valence electrons. The molecule has 2 aromatic rings. The number of aromatic nitrogens is 3. The van der Waals surface area contributed by atoms with Crippen molar-refractivity contribution >= 4 is 11.6 Å². The van der Waals surface area contributed by atoms with Gasteiger partial charge in [0.2, 0.25) is 0 Å². The van der Waals surface area contributed by atoms with E-state index in [1.54, 1.807) is 23.1 Å². The Morgan fingerprint density at radius 3 is 2.85 bits per heavy atom. The van der Waals surface area contributed by atoms with Crippen LogP contribution < -0.4 is 4.74 Å². The summed E-state index contributed by atoms with van der Waals surface area (Å²) in [6.45, 7) is 4.07. The maximum Gasteiger partial charge on any atom is 0.139 e. The minimum absolute atomic E-state index is 0.104. The molecule has 0 bridgehead atoms. The van der Waals surface area contributed by atoms with Gasteiger partial charge in [0, 0.05) is 25.5 Å². The summed E-state index contributed by atoms with van der Waals surface area (Å²) in [5.41, 5.74) is 1.57. The zero-order chi connectivity index (χ0) is 14.5. The fourth-order valence-electron chi connectivity index (χ4n) is 1.53. The van der Waals surface area contributed by atoms with E-state index >= 15 is 0 Å². The van der Waals surface area contributed by atoms with Crippen LogP contribution in [-0.2, 0) is 7.05 Å². The van der Waals surface area contributed by atoms with Crippen molar-refractivity contribution in [2.45, 2.75) is 26.4 Å². The van der Waals surface area contributed by atoms with Crippen molar-refractivity contribution in [3.8, 4) is 17.6 Å². The molecule has 2 heterocycles. The standard InChI is InChI=1S/C15H16ClN3O/c1-4-11(2)20-14-7-15(16)17-9-13(14)6-5-12-8-18-19(3)10-12/h7-11H,4H2,1-3H3. The normalized spacial score (nSPS) is 11.6. The minimum atomic E-state index is 0.104. The summed E-state index contributed by atoms with van der Waals surface area (Å²) < 4.78 is 7.53. The fourth-order valence-corrected chi connectivity index (χ4v) is 1.68. The van der Waals surface area contributed by atoms with Gasteiger partial charge >= 0.3 is 0 Å². The van der Waals surface area contributed by atoms with Crippen LogP contribution in [0.1, 0.15) is 31.4 Å². The van der Waals surface area contributed by atoms with Crippen LogP contribution in [0, 0.1) is 11.8 Å². The van der Waals surface area contributed by atoms with Crippen LogP contribution in [0.5, 0.6) is 5.75 Å². The van der Waals surface area contributed by atoms with Crippen LogP contribution in [-0.4, -0.2) is 20.9 Å².